The molecule has 0 fully saturated rings. The van der Waals surface area contributed by atoms with Crippen LogP contribution >= 0.6 is 0 Å². The summed E-state index contributed by atoms with van der Waals surface area (Å²) >= 11 is 0. The molecule has 0 aliphatic heterocycles. The first-order chi connectivity index (χ1) is 15.2. The monoisotopic (exact) mass is 441 g/mol. The van der Waals surface area contributed by atoms with E-state index in [-0.39, 0.29) is 42.3 Å². The molecule has 0 bridgehead atoms. The fourth-order valence-corrected chi connectivity index (χ4v) is 2.90. The van der Waals surface area contributed by atoms with Crippen molar-refractivity contribution in [2.75, 3.05) is 11.1 Å². The molecular formula is C20H23N7O5. The van der Waals surface area contributed by atoms with E-state index in [1.54, 1.807) is 24.3 Å². The number of hydrogen-bond acceptors (Lipinski definition) is 10. The number of Topliss-reactive ketones (excluding diaryl/α,β-unsaturated/α-hetero) is 1. The van der Waals surface area contributed by atoms with Crippen molar-refractivity contribution in [3.05, 3.63) is 52.1 Å². The lowest BCUT2D eigenvalue weighted by Gasteiger charge is -2.20. The fourth-order valence-electron chi connectivity index (χ4n) is 2.90. The van der Waals surface area contributed by atoms with Gasteiger partial charge in [-0.15, -0.1) is 0 Å². The Bertz CT molecular complexity index is 1180. The number of nitrogens with two attached hydrogens (primary N) is 1. The number of aliphatic hydroxyl groups excluding tert-OH is 1. The zero-order valence-electron chi connectivity index (χ0n) is 17.2. The highest BCUT2D eigenvalue weighted by Crippen LogP contribution is 2.12. The Morgan fingerprint density at radius 2 is 1.91 bits per heavy atom. The molecule has 0 unspecified atom stereocenters. The predicted molar refractivity (Wildman–Crippen MR) is 116 cm³/mol. The van der Waals surface area contributed by atoms with Gasteiger partial charge in [0.05, 0.1) is 24.5 Å². The van der Waals surface area contributed by atoms with Crippen LogP contribution in [0.5, 0.6) is 0 Å². The molecule has 0 radical (unpaired) electrons. The number of nitrogen functional groups attached to an aromatic ring is 1. The highest BCUT2D eigenvalue weighted by Gasteiger charge is 2.20. The molecule has 0 saturated carbocycles. The van der Waals surface area contributed by atoms with Crippen LogP contribution in [-0.4, -0.2) is 54.2 Å². The molecular weight excluding hydrogens is 418 g/mol. The van der Waals surface area contributed by atoms with E-state index in [0.717, 1.165) is 0 Å². The molecule has 1 amide bonds. The molecule has 0 saturated heterocycles. The van der Waals surface area contributed by atoms with Crippen molar-refractivity contribution in [2.45, 2.75) is 38.6 Å². The van der Waals surface area contributed by atoms with Gasteiger partial charge in [-0.1, -0.05) is 0 Å². The van der Waals surface area contributed by atoms with E-state index in [1.165, 1.54) is 13.1 Å². The third kappa shape index (κ3) is 5.83. The Morgan fingerprint density at radius 1 is 1.19 bits per heavy atom. The summed E-state index contributed by atoms with van der Waals surface area (Å²) in [5.41, 5.74) is 6.73. The lowest BCUT2D eigenvalue weighted by atomic mass is 10.1. The number of aromatic nitrogens is 4. The molecule has 0 aliphatic rings. The second-order valence-electron chi connectivity index (χ2n) is 7.15. The average Bonchev–Trinajstić information content (AvgIpc) is 2.75. The predicted octanol–water partition coefficient (Wildman–Crippen LogP) is -0.314. The summed E-state index contributed by atoms with van der Waals surface area (Å²) in [6.45, 7) is 1.66. The second-order valence-corrected chi connectivity index (χ2v) is 7.15. The molecule has 168 valence electrons. The molecule has 7 N–H and O–H groups in total. The fraction of sp³-hybridized carbons (Fsp3) is 0.300. The summed E-state index contributed by atoms with van der Waals surface area (Å²) in [4.78, 5) is 50.0. The van der Waals surface area contributed by atoms with Gasteiger partial charge in [-0.2, -0.15) is 4.98 Å². The molecule has 12 nitrogen and oxygen atoms in total. The first-order valence-electron chi connectivity index (χ1n) is 9.74. The van der Waals surface area contributed by atoms with Gasteiger partial charge in [-0.25, -0.2) is 9.97 Å². The van der Waals surface area contributed by atoms with E-state index >= 15 is 0 Å². The molecule has 2 aromatic heterocycles. The van der Waals surface area contributed by atoms with Gasteiger partial charge < -0.3 is 36.4 Å². The molecule has 32 heavy (non-hydrogen) atoms. The number of aromatic amines is 1. The number of amides is 1. The minimum absolute atomic E-state index is 0.0366. The summed E-state index contributed by atoms with van der Waals surface area (Å²) in [7, 11) is 0. The molecule has 3 aromatic rings. The number of ketones is 1. The van der Waals surface area contributed by atoms with E-state index < -0.39 is 23.8 Å². The number of carbonyl (C=O) groups is 2. The van der Waals surface area contributed by atoms with Gasteiger partial charge in [0.25, 0.3) is 5.91 Å². The lowest BCUT2D eigenvalue weighted by molar-refractivity contribution is -0.118. The van der Waals surface area contributed by atoms with E-state index in [1.807, 2.05) is 0 Å². The van der Waals surface area contributed by atoms with E-state index in [4.69, 9.17) is 5.73 Å². The number of benzene rings is 1. The zero-order chi connectivity index (χ0) is 23.3. The maximum atomic E-state index is 12.4. The number of aliphatic hydroxyl groups is 2. The van der Waals surface area contributed by atoms with Crippen LogP contribution in [0.25, 0.3) is 11.2 Å². The average molecular weight is 441 g/mol. The van der Waals surface area contributed by atoms with Crippen molar-refractivity contribution >= 4 is 34.5 Å². The minimum Gasteiger partial charge on any atom is -0.379 e. The zero-order valence-corrected chi connectivity index (χ0v) is 17.2. The number of fused-ring (bicyclic) bond motifs is 1. The van der Waals surface area contributed by atoms with E-state index in [2.05, 4.69) is 30.6 Å². The normalized spacial score (nSPS) is 12.0. The van der Waals surface area contributed by atoms with Gasteiger partial charge in [-0.05, 0) is 37.6 Å². The number of carbonyl (C=O) groups excluding carboxylic acids is 2. The Labute approximate surface area is 181 Å². The van der Waals surface area contributed by atoms with E-state index in [9.17, 15) is 24.6 Å². The first-order valence-corrected chi connectivity index (χ1v) is 9.74. The van der Waals surface area contributed by atoms with Crippen LogP contribution in [0, 0.1) is 0 Å². The lowest BCUT2D eigenvalue weighted by Crippen LogP contribution is -2.43. The van der Waals surface area contributed by atoms with Gasteiger partial charge in [0.2, 0.25) is 5.95 Å². The number of nitrogens with zero attached hydrogens (tertiary/aromatic N) is 3. The summed E-state index contributed by atoms with van der Waals surface area (Å²) < 4.78 is 0. The topological polar surface area (TPSA) is 196 Å². The summed E-state index contributed by atoms with van der Waals surface area (Å²) in [6.07, 6.45) is -0.0382. The first kappa shape index (κ1) is 22.8. The molecule has 12 heteroatoms. The van der Waals surface area contributed by atoms with Crippen molar-refractivity contribution in [1.29, 1.82) is 0 Å². The molecule has 3 rings (SSSR count). The van der Waals surface area contributed by atoms with Gasteiger partial charge in [0.1, 0.15) is 5.78 Å². The van der Waals surface area contributed by atoms with Crippen LogP contribution in [0.2, 0.25) is 0 Å². The summed E-state index contributed by atoms with van der Waals surface area (Å²) in [6, 6.07) is 5.50. The third-order valence-corrected chi connectivity index (χ3v) is 4.60. The molecule has 1 aromatic carbocycles. The Hall–Kier alpha value is -3.90. The second kappa shape index (κ2) is 9.94. The molecule has 0 aliphatic carbocycles. The Balaban J connectivity index is 1.62. The molecule has 2 heterocycles. The van der Waals surface area contributed by atoms with Gasteiger partial charge >= 0.3 is 5.56 Å². The Morgan fingerprint density at radius 3 is 2.56 bits per heavy atom. The summed E-state index contributed by atoms with van der Waals surface area (Å²) in [5.74, 6) is -0.642. The number of rotatable bonds is 9. The standard InChI is InChI=1S/C20H23N7O5/c1-10(28)2-7-14(19(31)32)25-17(29)11-3-5-12(6-4-11)22-8-13-9-23-16-15(24-13)18(30)27-20(21)26-16/h3-6,9,14,19,22,31-32H,2,7-8H2,1H3,(H,25,29)(H3,21,23,26,27,30)/t14-/m0/s1. The van der Waals surface area contributed by atoms with Crippen LogP contribution in [0.15, 0.2) is 35.3 Å². The van der Waals surface area contributed by atoms with Crippen molar-refractivity contribution < 1.29 is 19.8 Å². The molecule has 1 atom stereocenters. The van der Waals surface area contributed by atoms with Crippen molar-refractivity contribution in [3.8, 4) is 0 Å². The maximum absolute atomic E-state index is 12.4. The maximum Gasteiger partial charge on any atom is 0.302 e. The highest BCUT2D eigenvalue weighted by molar-refractivity contribution is 5.94. The van der Waals surface area contributed by atoms with Crippen LogP contribution in [0.4, 0.5) is 11.6 Å². The van der Waals surface area contributed by atoms with Crippen LogP contribution in [0.3, 0.4) is 0 Å². The number of H-pyrrole nitrogens is 1. The van der Waals surface area contributed by atoms with E-state index in [0.29, 0.717) is 16.9 Å². The van der Waals surface area contributed by atoms with Crippen LogP contribution in [-0.2, 0) is 11.3 Å². The van der Waals surface area contributed by atoms with Crippen LogP contribution in [0.1, 0.15) is 35.8 Å². The van der Waals surface area contributed by atoms with Crippen molar-refractivity contribution in [3.63, 3.8) is 0 Å². The van der Waals surface area contributed by atoms with Gasteiger partial charge in [0.15, 0.2) is 17.5 Å². The van der Waals surface area contributed by atoms with Crippen molar-refractivity contribution in [2.24, 2.45) is 0 Å². The number of nitrogens with one attached hydrogen (secondary N) is 3. The molecule has 0 spiro atoms. The van der Waals surface area contributed by atoms with Crippen molar-refractivity contribution in [1.82, 2.24) is 25.3 Å². The largest absolute Gasteiger partial charge is 0.379 e. The summed E-state index contributed by atoms with van der Waals surface area (Å²) in [5, 5.41) is 24.5. The smallest absolute Gasteiger partial charge is 0.302 e. The highest BCUT2D eigenvalue weighted by atomic mass is 16.5. The quantitative estimate of drug-likeness (QED) is 0.239. The Kier molecular flexibility index (Phi) is 7.07. The third-order valence-electron chi connectivity index (χ3n) is 4.60. The SMILES string of the molecule is CC(=O)CC[C@H](NC(=O)c1ccc(NCc2cnc3[nH]c(N)nc(=O)c3n2)cc1)C(O)O. The van der Waals surface area contributed by atoms with Crippen LogP contribution < -0.4 is 21.9 Å². The minimum atomic E-state index is -1.78. The van der Waals surface area contributed by atoms with Gasteiger partial charge in [0, 0.05) is 17.7 Å². The number of hydrogen-bond donors (Lipinski definition) is 6. The number of anilines is 2. The van der Waals surface area contributed by atoms with Gasteiger partial charge in [-0.3, -0.25) is 9.59 Å².